The summed E-state index contributed by atoms with van der Waals surface area (Å²) in [7, 11) is 0. The number of aromatic nitrogens is 1. The predicted octanol–water partition coefficient (Wildman–Crippen LogP) is 1.10. The van der Waals surface area contributed by atoms with Crippen LogP contribution in [0.1, 0.15) is 18.9 Å². The standard InChI is InChI=1S/C13H16N4O/c1-2-5-15-10-12(7-14)13(18)17-9-11-4-3-6-16-8-11/h3-4,6,8,10,15H,2,5,9H2,1H3,(H,17,18)/b12-10-. The summed E-state index contributed by atoms with van der Waals surface area (Å²) in [6.45, 7) is 3.11. The van der Waals surface area contributed by atoms with Crippen molar-refractivity contribution >= 4 is 5.91 Å². The van der Waals surface area contributed by atoms with E-state index in [-0.39, 0.29) is 11.5 Å². The Morgan fingerprint density at radius 3 is 3.06 bits per heavy atom. The van der Waals surface area contributed by atoms with Crippen LogP contribution in [-0.2, 0) is 11.3 Å². The Kier molecular flexibility index (Phi) is 5.98. The molecular weight excluding hydrogens is 228 g/mol. The second-order valence-corrected chi connectivity index (χ2v) is 3.67. The molecule has 5 heteroatoms. The molecule has 0 saturated carbocycles. The van der Waals surface area contributed by atoms with E-state index in [4.69, 9.17) is 5.26 Å². The van der Waals surface area contributed by atoms with Crippen molar-refractivity contribution in [3.05, 3.63) is 41.9 Å². The maximum Gasteiger partial charge on any atom is 0.263 e. The largest absolute Gasteiger partial charge is 0.390 e. The van der Waals surface area contributed by atoms with Crippen molar-refractivity contribution in [2.45, 2.75) is 19.9 Å². The third-order valence-electron chi connectivity index (χ3n) is 2.18. The molecule has 0 atom stereocenters. The third kappa shape index (κ3) is 4.66. The molecule has 0 aliphatic carbocycles. The lowest BCUT2D eigenvalue weighted by atomic mass is 10.2. The molecule has 5 nitrogen and oxygen atoms in total. The summed E-state index contributed by atoms with van der Waals surface area (Å²) in [4.78, 5) is 15.6. The van der Waals surface area contributed by atoms with E-state index >= 15 is 0 Å². The van der Waals surface area contributed by atoms with Crippen LogP contribution in [0.5, 0.6) is 0 Å². The van der Waals surface area contributed by atoms with Crippen LogP contribution in [0.4, 0.5) is 0 Å². The molecule has 0 radical (unpaired) electrons. The summed E-state index contributed by atoms with van der Waals surface area (Å²) < 4.78 is 0. The summed E-state index contributed by atoms with van der Waals surface area (Å²) in [6.07, 6.45) is 5.72. The van der Waals surface area contributed by atoms with Gasteiger partial charge in [0.15, 0.2) is 0 Å². The van der Waals surface area contributed by atoms with Crippen LogP contribution in [0.25, 0.3) is 0 Å². The van der Waals surface area contributed by atoms with Gasteiger partial charge < -0.3 is 10.6 Å². The minimum atomic E-state index is -0.384. The molecule has 1 rings (SSSR count). The topological polar surface area (TPSA) is 77.8 Å². The number of rotatable bonds is 6. The minimum absolute atomic E-state index is 0.0762. The quantitative estimate of drug-likeness (QED) is 0.446. The van der Waals surface area contributed by atoms with E-state index in [9.17, 15) is 4.79 Å². The monoisotopic (exact) mass is 244 g/mol. The fraction of sp³-hybridized carbons (Fsp3) is 0.308. The molecule has 2 N–H and O–H groups in total. The average Bonchev–Trinajstić information content (AvgIpc) is 2.42. The Hall–Kier alpha value is -2.35. The molecule has 0 unspecified atom stereocenters. The van der Waals surface area contributed by atoms with Gasteiger partial charge in [-0.2, -0.15) is 5.26 Å². The van der Waals surface area contributed by atoms with Gasteiger partial charge in [0.05, 0.1) is 0 Å². The summed E-state index contributed by atoms with van der Waals surface area (Å²) in [5.74, 6) is -0.384. The number of nitriles is 1. The summed E-state index contributed by atoms with van der Waals surface area (Å²) in [5, 5.41) is 14.4. The highest BCUT2D eigenvalue weighted by atomic mass is 16.1. The second kappa shape index (κ2) is 7.85. The normalized spacial score (nSPS) is 10.6. The van der Waals surface area contributed by atoms with E-state index in [1.54, 1.807) is 18.5 Å². The van der Waals surface area contributed by atoms with Crippen LogP contribution >= 0.6 is 0 Å². The third-order valence-corrected chi connectivity index (χ3v) is 2.18. The molecule has 94 valence electrons. The van der Waals surface area contributed by atoms with Crippen LogP contribution < -0.4 is 10.6 Å². The van der Waals surface area contributed by atoms with Gasteiger partial charge in [-0.15, -0.1) is 0 Å². The molecule has 1 heterocycles. The SMILES string of the molecule is CCCN/C=C(/C#N)C(=O)NCc1cccnc1. The number of carbonyl (C=O) groups excluding carboxylic acids is 1. The van der Waals surface area contributed by atoms with Crippen LogP contribution in [0.3, 0.4) is 0 Å². The minimum Gasteiger partial charge on any atom is -0.390 e. The van der Waals surface area contributed by atoms with Crippen LogP contribution in [-0.4, -0.2) is 17.4 Å². The highest BCUT2D eigenvalue weighted by Crippen LogP contribution is 1.96. The Balaban J connectivity index is 2.48. The maximum absolute atomic E-state index is 11.7. The first-order chi connectivity index (χ1) is 8.77. The van der Waals surface area contributed by atoms with Crippen LogP contribution in [0, 0.1) is 11.3 Å². The Morgan fingerprint density at radius 1 is 1.61 bits per heavy atom. The summed E-state index contributed by atoms with van der Waals surface area (Å²) in [6, 6.07) is 5.52. The molecule has 18 heavy (non-hydrogen) atoms. The molecule has 1 aromatic heterocycles. The molecule has 1 aromatic rings. The number of carbonyl (C=O) groups is 1. The number of hydrogen-bond donors (Lipinski definition) is 2. The first kappa shape index (κ1) is 13.7. The highest BCUT2D eigenvalue weighted by molar-refractivity contribution is 5.97. The zero-order chi connectivity index (χ0) is 13.2. The van der Waals surface area contributed by atoms with E-state index in [2.05, 4.69) is 15.6 Å². The molecule has 0 spiro atoms. The number of pyridine rings is 1. The molecule has 0 saturated heterocycles. The molecule has 0 aliphatic rings. The van der Waals surface area contributed by atoms with E-state index in [1.165, 1.54) is 6.20 Å². The van der Waals surface area contributed by atoms with Gasteiger partial charge in [-0.25, -0.2) is 0 Å². The first-order valence-corrected chi connectivity index (χ1v) is 5.78. The van der Waals surface area contributed by atoms with Crippen molar-refractivity contribution in [2.75, 3.05) is 6.54 Å². The molecule has 0 fully saturated rings. The Morgan fingerprint density at radius 2 is 2.44 bits per heavy atom. The first-order valence-electron chi connectivity index (χ1n) is 5.78. The maximum atomic E-state index is 11.7. The number of amides is 1. The van der Waals surface area contributed by atoms with Gasteiger partial charge in [0, 0.05) is 31.7 Å². The fourth-order valence-corrected chi connectivity index (χ4v) is 1.25. The predicted molar refractivity (Wildman–Crippen MR) is 68.1 cm³/mol. The van der Waals surface area contributed by atoms with Crippen molar-refractivity contribution < 1.29 is 4.79 Å². The lowest BCUT2D eigenvalue weighted by Crippen LogP contribution is -2.25. The van der Waals surface area contributed by atoms with Crippen molar-refractivity contribution in [3.8, 4) is 6.07 Å². The lowest BCUT2D eigenvalue weighted by molar-refractivity contribution is -0.117. The molecular formula is C13H16N4O. The average molecular weight is 244 g/mol. The number of hydrogen-bond acceptors (Lipinski definition) is 4. The van der Waals surface area contributed by atoms with Crippen molar-refractivity contribution in [1.29, 1.82) is 5.26 Å². The van der Waals surface area contributed by atoms with Crippen LogP contribution in [0.2, 0.25) is 0 Å². The van der Waals surface area contributed by atoms with Gasteiger partial charge >= 0.3 is 0 Å². The summed E-state index contributed by atoms with van der Waals surface area (Å²) >= 11 is 0. The molecule has 1 amide bonds. The lowest BCUT2D eigenvalue weighted by Gasteiger charge is -2.04. The van der Waals surface area contributed by atoms with Crippen LogP contribution in [0.15, 0.2) is 36.3 Å². The van der Waals surface area contributed by atoms with E-state index in [0.717, 1.165) is 18.5 Å². The van der Waals surface area contributed by atoms with Crippen molar-refractivity contribution in [1.82, 2.24) is 15.6 Å². The molecule has 0 aromatic carbocycles. The fourth-order valence-electron chi connectivity index (χ4n) is 1.25. The smallest absolute Gasteiger partial charge is 0.263 e. The molecule has 0 bridgehead atoms. The van der Waals surface area contributed by atoms with Gasteiger partial charge in [0.2, 0.25) is 0 Å². The van der Waals surface area contributed by atoms with Gasteiger partial charge in [-0.05, 0) is 18.1 Å². The molecule has 0 aliphatic heterocycles. The number of nitrogens with one attached hydrogen (secondary N) is 2. The van der Waals surface area contributed by atoms with Crippen molar-refractivity contribution in [2.24, 2.45) is 0 Å². The summed E-state index contributed by atoms with van der Waals surface area (Å²) in [5.41, 5.74) is 0.969. The van der Waals surface area contributed by atoms with Gasteiger partial charge in [-0.1, -0.05) is 13.0 Å². The Bertz CT molecular complexity index is 448. The zero-order valence-corrected chi connectivity index (χ0v) is 10.3. The van der Waals surface area contributed by atoms with Crippen molar-refractivity contribution in [3.63, 3.8) is 0 Å². The highest BCUT2D eigenvalue weighted by Gasteiger charge is 2.07. The van der Waals surface area contributed by atoms with Gasteiger partial charge in [0.1, 0.15) is 11.6 Å². The van der Waals surface area contributed by atoms with E-state index < -0.39 is 0 Å². The number of nitrogens with zero attached hydrogens (tertiary/aromatic N) is 2. The second-order valence-electron chi connectivity index (χ2n) is 3.67. The van der Waals surface area contributed by atoms with Gasteiger partial charge in [-0.3, -0.25) is 9.78 Å². The van der Waals surface area contributed by atoms with E-state index in [1.807, 2.05) is 19.1 Å². The van der Waals surface area contributed by atoms with E-state index in [0.29, 0.717) is 6.54 Å². The Labute approximate surface area is 107 Å². The zero-order valence-electron chi connectivity index (χ0n) is 10.3. The van der Waals surface area contributed by atoms with Gasteiger partial charge in [0.25, 0.3) is 5.91 Å².